The normalized spacial score (nSPS) is 11.7. The predicted octanol–water partition coefficient (Wildman–Crippen LogP) is 4.68. The molecule has 1 aromatic carbocycles. The van der Waals surface area contributed by atoms with Crippen molar-refractivity contribution in [3.63, 3.8) is 0 Å². The van der Waals surface area contributed by atoms with Crippen molar-refractivity contribution < 1.29 is 9.30 Å². The molecule has 0 atom stereocenters. The van der Waals surface area contributed by atoms with E-state index in [1.54, 1.807) is 7.11 Å². The highest BCUT2D eigenvalue weighted by Gasteiger charge is 2.29. The van der Waals surface area contributed by atoms with Crippen LogP contribution in [0.2, 0.25) is 0 Å². The number of aryl methyl sites for hydroxylation is 3. The minimum atomic E-state index is 0.0513. The second kappa shape index (κ2) is 7.18. The van der Waals surface area contributed by atoms with E-state index in [9.17, 15) is 0 Å². The molecule has 0 radical (unpaired) electrons. The molecular formula is C23H30N3O+. The lowest BCUT2D eigenvalue weighted by atomic mass is 9.80. The molecule has 0 saturated heterocycles. The fourth-order valence-corrected chi connectivity index (χ4v) is 3.71. The van der Waals surface area contributed by atoms with Crippen LogP contribution >= 0.6 is 0 Å². The van der Waals surface area contributed by atoms with Crippen LogP contribution in [0.3, 0.4) is 0 Å². The Morgan fingerprint density at radius 2 is 1.85 bits per heavy atom. The van der Waals surface area contributed by atoms with Gasteiger partial charge in [0.15, 0.2) is 0 Å². The molecule has 4 nitrogen and oxygen atoms in total. The summed E-state index contributed by atoms with van der Waals surface area (Å²) >= 11 is 0. The Morgan fingerprint density at radius 3 is 2.44 bits per heavy atom. The Kier molecular flexibility index (Phi) is 5.09. The number of ether oxygens (including phenoxy) is 1. The van der Waals surface area contributed by atoms with Gasteiger partial charge in [-0.15, -0.1) is 0 Å². The average molecular weight is 365 g/mol. The first-order valence-electron chi connectivity index (χ1n) is 9.47. The number of nitrogens with zero attached hydrogens (tertiary/aromatic N) is 3. The summed E-state index contributed by atoms with van der Waals surface area (Å²) in [6, 6.07) is 6.32. The van der Waals surface area contributed by atoms with Gasteiger partial charge in [-0.25, -0.2) is 4.57 Å². The maximum Gasteiger partial charge on any atom is 0.294 e. The molecule has 0 aliphatic carbocycles. The Bertz CT molecular complexity index is 946. The Morgan fingerprint density at radius 1 is 1.19 bits per heavy atom. The number of rotatable bonds is 5. The van der Waals surface area contributed by atoms with E-state index in [-0.39, 0.29) is 5.41 Å². The molecule has 0 spiro atoms. The Labute approximate surface area is 162 Å². The number of aromatic nitrogens is 3. The zero-order chi connectivity index (χ0) is 19.8. The quantitative estimate of drug-likeness (QED) is 0.616. The van der Waals surface area contributed by atoms with Gasteiger partial charge >= 0.3 is 0 Å². The van der Waals surface area contributed by atoms with E-state index < -0.39 is 0 Å². The van der Waals surface area contributed by atoms with Gasteiger partial charge in [-0.3, -0.25) is 4.98 Å². The van der Waals surface area contributed by atoms with E-state index in [2.05, 4.69) is 86.4 Å². The van der Waals surface area contributed by atoms with Gasteiger partial charge < -0.3 is 4.74 Å². The lowest BCUT2D eigenvalue weighted by molar-refractivity contribution is -0.659. The number of imidazole rings is 1. The van der Waals surface area contributed by atoms with E-state index in [4.69, 9.17) is 4.74 Å². The van der Waals surface area contributed by atoms with E-state index in [0.29, 0.717) is 0 Å². The van der Waals surface area contributed by atoms with E-state index in [1.165, 1.54) is 27.9 Å². The summed E-state index contributed by atoms with van der Waals surface area (Å²) in [5, 5.41) is 0. The Balaban J connectivity index is 2.28. The van der Waals surface area contributed by atoms with Crippen molar-refractivity contribution in [3.05, 3.63) is 59.7 Å². The largest absolute Gasteiger partial charge is 0.497 e. The molecule has 2 heterocycles. The number of hydrogen-bond acceptors (Lipinski definition) is 2. The molecule has 0 N–H and O–H groups in total. The van der Waals surface area contributed by atoms with Crippen molar-refractivity contribution >= 4 is 0 Å². The third-order valence-corrected chi connectivity index (χ3v) is 5.62. The first kappa shape index (κ1) is 19.2. The van der Waals surface area contributed by atoms with Crippen LogP contribution < -0.4 is 9.30 Å². The molecule has 0 aliphatic heterocycles. The van der Waals surface area contributed by atoms with Crippen molar-refractivity contribution in [3.8, 4) is 22.8 Å². The monoisotopic (exact) mass is 364 g/mol. The second-order valence-corrected chi connectivity index (χ2v) is 7.87. The standard InChI is InChI=1S/C23H30N3O/c1-8-23(4,5)20-15-24-10-9-19(20)22-25(6)11-12-26(22)21-16(2)13-18(27-7)14-17(21)3/h9-15H,8H2,1-7H3/q+1. The lowest BCUT2D eigenvalue weighted by Crippen LogP contribution is -2.30. The summed E-state index contributed by atoms with van der Waals surface area (Å²) in [4.78, 5) is 4.42. The molecule has 0 unspecified atom stereocenters. The van der Waals surface area contributed by atoms with Crippen LogP contribution in [0.5, 0.6) is 5.75 Å². The highest BCUT2D eigenvalue weighted by atomic mass is 16.5. The molecule has 4 heteroatoms. The fraction of sp³-hybridized carbons (Fsp3) is 0.391. The summed E-state index contributed by atoms with van der Waals surface area (Å²) in [6.45, 7) is 11.1. The molecule has 0 fully saturated rings. The molecule has 0 amide bonds. The van der Waals surface area contributed by atoms with Crippen LogP contribution in [-0.2, 0) is 12.5 Å². The summed E-state index contributed by atoms with van der Waals surface area (Å²) in [7, 11) is 3.81. The fourth-order valence-electron chi connectivity index (χ4n) is 3.71. The second-order valence-electron chi connectivity index (χ2n) is 7.87. The van der Waals surface area contributed by atoms with Crippen molar-refractivity contribution in [1.29, 1.82) is 0 Å². The summed E-state index contributed by atoms with van der Waals surface area (Å²) in [6.07, 6.45) is 9.21. The highest BCUT2D eigenvalue weighted by Crippen LogP contribution is 2.35. The zero-order valence-electron chi connectivity index (χ0n) is 17.5. The first-order valence-corrected chi connectivity index (χ1v) is 9.47. The maximum absolute atomic E-state index is 5.44. The Hall–Kier alpha value is -2.62. The third kappa shape index (κ3) is 3.36. The van der Waals surface area contributed by atoms with Crippen LogP contribution in [0, 0.1) is 13.8 Å². The summed E-state index contributed by atoms with van der Waals surface area (Å²) < 4.78 is 9.92. The number of benzene rings is 1. The van der Waals surface area contributed by atoms with Crippen LogP contribution in [0.4, 0.5) is 0 Å². The zero-order valence-corrected chi connectivity index (χ0v) is 17.5. The van der Waals surface area contributed by atoms with Crippen molar-refractivity contribution in [2.75, 3.05) is 7.11 Å². The van der Waals surface area contributed by atoms with Gasteiger partial charge in [0.25, 0.3) is 5.82 Å². The van der Waals surface area contributed by atoms with Gasteiger partial charge in [0.1, 0.15) is 23.8 Å². The average Bonchev–Trinajstić information content (AvgIpc) is 3.02. The SMILES string of the molecule is CCC(C)(C)c1cnccc1-c1n(-c2c(C)cc(OC)cc2C)cc[n+]1C. The van der Waals surface area contributed by atoms with Crippen LogP contribution in [0.15, 0.2) is 43.0 Å². The first-order chi connectivity index (χ1) is 12.8. The van der Waals surface area contributed by atoms with Crippen molar-refractivity contribution in [2.45, 2.75) is 46.5 Å². The lowest BCUT2D eigenvalue weighted by Gasteiger charge is -2.25. The van der Waals surface area contributed by atoms with Gasteiger partial charge in [-0.1, -0.05) is 20.8 Å². The molecule has 27 heavy (non-hydrogen) atoms. The maximum atomic E-state index is 5.44. The van der Waals surface area contributed by atoms with Gasteiger partial charge in [0.05, 0.1) is 19.7 Å². The summed E-state index contributed by atoms with van der Waals surface area (Å²) in [5.74, 6) is 2.05. The highest BCUT2D eigenvalue weighted by molar-refractivity contribution is 5.64. The molecule has 0 aliphatic rings. The number of pyridine rings is 1. The van der Waals surface area contributed by atoms with Gasteiger partial charge in [-0.05, 0) is 49.4 Å². The van der Waals surface area contributed by atoms with Crippen molar-refractivity contribution in [2.24, 2.45) is 7.05 Å². The smallest absolute Gasteiger partial charge is 0.294 e. The van der Waals surface area contributed by atoms with Crippen LogP contribution in [-0.4, -0.2) is 16.7 Å². The predicted molar refractivity (Wildman–Crippen MR) is 110 cm³/mol. The third-order valence-electron chi connectivity index (χ3n) is 5.62. The number of hydrogen-bond donors (Lipinski definition) is 0. The topological polar surface area (TPSA) is 30.9 Å². The van der Waals surface area contributed by atoms with Crippen LogP contribution in [0.1, 0.15) is 43.9 Å². The molecule has 0 saturated carbocycles. The van der Waals surface area contributed by atoms with Gasteiger partial charge in [-0.2, -0.15) is 4.57 Å². The molecule has 142 valence electrons. The van der Waals surface area contributed by atoms with Gasteiger partial charge in [0, 0.05) is 23.5 Å². The van der Waals surface area contributed by atoms with Crippen LogP contribution in [0.25, 0.3) is 17.1 Å². The van der Waals surface area contributed by atoms with E-state index in [1.807, 2.05) is 12.4 Å². The molecule has 3 rings (SSSR count). The summed E-state index contributed by atoms with van der Waals surface area (Å²) in [5.41, 5.74) is 6.12. The minimum Gasteiger partial charge on any atom is -0.497 e. The van der Waals surface area contributed by atoms with Crippen molar-refractivity contribution in [1.82, 2.24) is 9.55 Å². The molecule has 2 aromatic heterocycles. The molecular weight excluding hydrogens is 334 g/mol. The van der Waals surface area contributed by atoms with E-state index >= 15 is 0 Å². The van der Waals surface area contributed by atoms with E-state index in [0.717, 1.165) is 18.0 Å². The molecule has 3 aromatic rings. The molecule has 0 bridgehead atoms. The minimum absolute atomic E-state index is 0.0513. The number of methoxy groups -OCH3 is 1. The van der Waals surface area contributed by atoms with Gasteiger partial charge in [0.2, 0.25) is 0 Å².